The van der Waals surface area contributed by atoms with E-state index in [1.807, 2.05) is 18.7 Å². The van der Waals surface area contributed by atoms with Gasteiger partial charge in [0.15, 0.2) is 5.96 Å². The van der Waals surface area contributed by atoms with E-state index < -0.39 is 0 Å². The molecule has 27 heavy (non-hydrogen) atoms. The van der Waals surface area contributed by atoms with Crippen LogP contribution in [0.25, 0.3) is 0 Å². The van der Waals surface area contributed by atoms with Gasteiger partial charge in [0.1, 0.15) is 5.82 Å². The zero-order chi connectivity index (χ0) is 19.3. The number of halogens is 3. The van der Waals surface area contributed by atoms with Crippen LogP contribution < -0.4 is 10.6 Å². The number of benzene rings is 1. The molecule has 0 amide bonds. The molecule has 0 aliphatic rings. The molecule has 0 bridgehead atoms. The van der Waals surface area contributed by atoms with E-state index in [9.17, 15) is 4.39 Å². The number of nitrogens with one attached hydrogen (secondary N) is 2. The number of aromatic nitrogens is 2. The van der Waals surface area contributed by atoms with Crippen LogP contribution >= 0.6 is 35.6 Å². The predicted octanol–water partition coefficient (Wildman–Crippen LogP) is 3.79. The Kier molecular flexibility index (Phi) is 9.52. The van der Waals surface area contributed by atoms with Crippen molar-refractivity contribution in [1.82, 2.24) is 20.4 Å². The van der Waals surface area contributed by atoms with Gasteiger partial charge < -0.3 is 10.6 Å². The largest absolute Gasteiger partial charge is 0.356 e. The summed E-state index contributed by atoms with van der Waals surface area (Å²) in [5.41, 5.74) is 4.42. The van der Waals surface area contributed by atoms with Crippen LogP contribution in [0.2, 0.25) is 5.02 Å². The molecule has 0 saturated heterocycles. The second-order valence-corrected chi connectivity index (χ2v) is 6.91. The third-order valence-electron chi connectivity index (χ3n) is 4.48. The molecule has 150 valence electrons. The van der Waals surface area contributed by atoms with Gasteiger partial charge in [-0.1, -0.05) is 17.7 Å². The molecule has 0 radical (unpaired) electrons. The Morgan fingerprint density at radius 3 is 2.63 bits per heavy atom. The molecule has 1 atom stereocenters. The Hall–Kier alpha value is -1.35. The van der Waals surface area contributed by atoms with Crippen molar-refractivity contribution in [1.29, 1.82) is 0 Å². The average Bonchev–Trinajstić information content (AvgIpc) is 2.82. The maximum atomic E-state index is 13.1. The van der Waals surface area contributed by atoms with Crippen LogP contribution in [0, 0.1) is 19.7 Å². The molecular formula is C19H28ClFIN5. The summed E-state index contributed by atoms with van der Waals surface area (Å²) in [4.78, 5) is 4.27. The van der Waals surface area contributed by atoms with E-state index in [0.29, 0.717) is 18.0 Å². The first-order chi connectivity index (χ1) is 12.3. The monoisotopic (exact) mass is 507 g/mol. The van der Waals surface area contributed by atoms with E-state index in [2.05, 4.69) is 34.6 Å². The molecule has 1 heterocycles. The van der Waals surface area contributed by atoms with Crippen LogP contribution in [0.5, 0.6) is 0 Å². The van der Waals surface area contributed by atoms with Gasteiger partial charge in [0, 0.05) is 37.4 Å². The highest BCUT2D eigenvalue weighted by Crippen LogP contribution is 2.17. The number of hydrogen-bond donors (Lipinski definition) is 2. The van der Waals surface area contributed by atoms with Gasteiger partial charge in [-0.3, -0.25) is 9.67 Å². The fourth-order valence-corrected chi connectivity index (χ4v) is 3.20. The first-order valence-electron chi connectivity index (χ1n) is 8.72. The number of hydrogen-bond acceptors (Lipinski definition) is 2. The fourth-order valence-electron chi connectivity index (χ4n) is 2.94. The fraction of sp³-hybridized carbons (Fsp3) is 0.474. The summed E-state index contributed by atoms with van der Waals surface area (Å²) in [6.07, 6.45) is 1.56. The Bertz CT molecular complexity index is 791. The lowest BCUT2D eigenvalue weighted by Gasteiger charge is -2.18. The van der Waals surface area contributed by atoms with E-state index in [4.69, 9.17) is 11.6 Å². The highest BCUT2D eigenvalue weighted by molar-refractivity contribution is 14.0. The maximum absolute atomic E-state index is 13.1. The van der Waals surface area contributed by atoms with Crippen LogP contribution in [-0.4, -0.2) is 35.4 Å². The summed E-state index contributed by atoms with van der Waals surface area (Å²) in [6.45, 7) is 6.90. The van der Waals surface area contributed by atoms with Crippen LogP contribution in [-0.2, 0) is 19.9 Å². The molecule has 0 aliphatic carbocycles. The van der Waals surface area contributed by atoms with Crippen molar-refractivity contribution in [2.24, 2.45) is 12.0 Å². The van der Waals surface area contributed by atoms with E-state index in [0.717, 1.165) is 23.6 Å². The SMILES string of the molecule is CN=C(NCCc1ccc(F)cc1Cl)NC(C)Cc1c(C)nn(C)c1C.I. The van der Waals surface area contributed by atoms with Gasteiger partial charge in [-0.2, -0.15) is 5.10 Å². The smallest absolute Gasteiger partial charge is 0.191 e. The molecule has 8 heteroatoms. The molecule has 0 aliphatic heterocycles. The molecule has 5 nitrogen and oxygen atoms in total. The normalized spacial score (nSPS) is 12.5. The van der Waals surface area contributed by atoms with Gasteiger partial charge in [0.05, 0.1) is 5.69 Å². The Morgan fingerprint density at radius 2 is 2.07 bits per heavy atom. The standard InChI is InChI=1S/C19H27ClFN5.HI/c1-12(10-17-13(2)25-26(5)14(17)3)24-19(22-4)23-9-8-15-6-7-16(21)11-18(15)20;/h6-7,11-12H,8-10H2,1-5H3,(H2,22,23,24);1H. The van der Waals surface area contributed by atoms with Crippen LogP contribution in [0.1, 0.15) is 29.4 Å². The van der Waals surface area contributed by atoms with Crippen molar-refractivity contribution in [2.75, 3.05) is 13.6 Å². The van der Waals surface area contributed by atoms with Gasteiger partial charge >= 0.3 is 0 Å². The minimum absolute atomic E-state index is 0. The highest BCUT2D eigenvalue weighted by atomic mass is 127. The lowest BCUT2D eigenvalue weighted by molar-refractivity contribution is 0.626. The second kappa shape index (κ2) is 10.8. The van der Waals surface area contributed by atoms with Crippen LogP contribution in [0.4, 0.5) is 4.39 Å². The van der Waals surface area contributed by atoms with E-state index in [1.165, 1.54) is 23.4 Å². The van der Waals surface area contributed by atoms with Crippen molar-refractivity contribution < 1.29 is 4.39 Å². The highest BCUT2D eigenvalue weighted by Gasteiger charge is 2.14. The molecule has 0 saturated carbocycles. The second-order valence-electron chi connectivity index (χ2n) is 6.51. The average molecular weight is 508 g/mol. The van der Waals surface area contributed by atoms with Crippen molar-refractivity contribution >= 4 is 41.5 Å². The first kappa shape index (κ1) is 23.7. The van der Waals surface area contributed by atoms with E-state index in [1.54, 1.807) is 13.1 Å². The topological polar surface area (TPSA) is 54.2 Å². The van der Waals surface area contributed by atoms with Crippen molar-refractivity contribution in [3.05, 3.63) is 51.6 Å². The summed E-state index contributed by atoms with van der Waals surface area (Å²) >= 11 is 6.06. The quantitative estimate of drug-likeness (QED) is 0.355. The molecule has 2 rings (SSSR count). The molecule has 1 unspecified atom stereocenters. The molecule has 1 aromatic heterocycles. The van der Waals surface area contributed by atoms with Gasteiger partial charge in [0.25, 0.3) is 0 Å². The van der Waals surface area contributed by atoms with Gasteiger partial charge in [0.2, 0.25) is 0 Å². The zero-order valence-electron chi connectivity index (χ0n) is 16.4. The number of rotatable bonds is 6. The molecule has 2 N–H and O–H groups in total. The van der Waals surface area contributed by atoms with Gasteiger partial charge in [-0.05, 0) is 56.9 Å². The predicted molar refractivity (Wildman–Crippen MR) is 121 cm³/mol. The van der Waals surface area contributed by atoms with E-state index >= 15 is 0 Å². The Balaban J connectivity index is 0.00000364. The lowest BCUT2D eigenvalue weighted by atomic mass is 10.1. The molecule has 0 fully saturated rings. The number of nitrogens with zero attached hydrogens (tertiary/aromatic N) is 3. The summed E-state index contributed by atoms with van der Waals surface area (Å²) in [6, 6.07) is 4.68. The van der Waals surface area contributed by atoms with Crippen LogP contribution in [0.15, 0.2) is 23.2 Å². The summed E-state index contributed by atoms with van der Waals surface area (Å²) in [7, 11) is 3.71. The number of aliphatic imine (C=N–C) groups is 1. The Morgan fingerprint density at radius 1 is 1.37 bits per heavy atom. The molecule has 0 spiro atoms. The maximum Gasteiger partial charge on any atom is 0.191 e. The Labute approximate surface area is 182 Å². The molecule has 2 aromatic rings. The zero-order valence-corrected chi connectivity index (χ0v) is 19.5. The van der Waals surface area contributed by atoms with E-state index in [-0.39, 0.29) is 35.8 Å². The third kappa shape index (κ3) is 6.64. The summed E-state index contributed by atoms with van der Waals surface area (Å²) in [5, 5.41) is 11.6. The van der Waals surface area contributed by atoms with Crippen molar-refractivity contribution in [3.63, 3.8) is 0 Å². The number of aryl methyl sites for hydroxylation is 2. The molecule has 1 aromatic carbocycles. The van der Waals surface area contributed by atoms with Gasteiger partial charge in [-0.25, -0.2) is 4.39 Å². The number of guanidine groups is 1. The van der Waals surface area contributed by atoms with Gasteiger partial charge in [-0.15, -0.1) is 24.0 Å². The minimum Gasteiger partial charge on any atom is -0.356 e. The third-order valence-corrected chi connectivity index (χ3v) is 4.83. The minimum atomic E-state index is -0.320. The summed E-state index contributed by atoms with van der Waals surface area (Å²) in [5.74, 6) is 0.411. The van der Waals surface area contributed by atoms with Crippen molar-refractivity contribution in [3.8, 4) is 0 Å². The van der Waals surface area contributed by atoms with Crippen LogP contribution in [0.3, 0.4) is 0 Å². The lowest BCUT2D eigenvalue weighted by Crippen LogP contribution is -2.43. The molecular weight excluding hydrogens is 480 g/mol. The first-order valence-corrected chi connectivity index (χ1v) is 9.09. The summed E-state index contributed by atoms with van der Waals surface area (Å²) < 4.78 is 15.0. The van der Waals surface area contributed by atoms with Crippen molar-refractivity contribution in [2.45, 2.75) is 39.7 Å².